The van der Waals surface area contributed by atoms with Crippen LogP contribution in [0.25, 0.3) is 0 Å². The van der Waals surface area contributed by atoms with E-state index in [1.54, 1.807) is 0 Å². The topological polar surface area (TPSA) is 127 Å². The van der Waals surface area contributed by atoms with E-state index in [-0.39, 0.29) is 20.9 Å². The molecule has 0 saturated heterocycles. The summed E-state index contributed by atoms with van der Waals surface area (Å²) in [5.74, 6) is 5.78. The number of hydrogen-bond acceptors (Lipinski definition) is 7. The molecule has 1 saturated carbocycles. The Kier molecular flexibility index (Phi) is 4.81. The number of thiophene rings is 1. The van der Waals surface area contributed by atoms with Crippen molar-refractivity contribution in [3.05, 3.63) is 16.2 Å². The molecule has 1 heterocycles. The van der Waals surface area contributed by atoms with Gasteiger partial charge in [-0.2, -0.15) is 0 Å². The summed E-state index contributed by atoms with van der Waals surface area (Å²) in [5, 5.41) is 10.9. The molecule has 0 aromatic carbocycles. The van der Waals surface area contributed by atoms with Gasteiger partial charge in [0.05, 0.1) is 4.92 Å². The number of nitro groups is 1. The normalized spacial score (nSPS) is 16.7. The zero-order valence-corrected chi connectivity index (χ0v) is 13.2. The van der Waals surface area contributed by atoms with Gasteiger partial charge in [0, 0.05) is 12.1 Å². The number of rotatable bonds is 8. The summed E-state index contributed by atoms with van der Waals surface area (Å²) >= 11 is 0.754. The summed E-state index contributed by atoms with van der Waals surface area (Å²) < 4.78 is 27.2. The Morgan fingerprint density at radius 1 is 1.57 bits per heavy atom. The molecule has 8 nitrogen and oxygen atoms in total. The van der Waals surface area contributed by atoms with E-state index in [2.05, 4.69) is 10.1 Å². The van der Waals surface area contributed by atoms with E-state index in [1.807, 2.05) is 6.92 Å². The number of nitrogens with two attached hydrogens (primary N) is 1. The van der Waals surface area contributed by atoms with Crippen LogP contribution in [0, 0.1) is 16.0 Å². The molecule has 1 aliphatic carbocycles. The van der Waals surface area contributed by atoms with Crippen molar-refractivity contribution >= 4 is 32.0 Å². The fourth-order valence-electron chi connectivity index (χ4n) is 2.06. The van der Waals surface area contributed by atoms with E-state index in [9.17, 15) is 18.5 Å². The Bertz CT molecular complexity index is 624. The van der Waals surface area contributed by atoms with Crippen LogP contribution in [0.2, 0.25) is 0 Å². The van der Waals surface area contributed by atoms with Gasteiger partial charge in [0.2, 0.25) is 0 Å². The lowest BCUT2D eigenvalue weighted by Gasteiger charge is -2.15. The zero-order chi connectivity index (χ0) is 15.6. The van der Waals surface area contributed by atoms with Crippen LogP contribution in [-0.2, 0) is 10.0 Å². The standard InChI is InChI=1S/C11H18N4O4S2/c1-2-8(5-7-3-4-7)14-21(18,19)10-6-9(15(16)17)11(13-12)20-10/h6-8,13-14H,2-5,12H2,1H3. The molecule has 1 aromatic heterocycles. The molecule has 118 valence electrons. The van der Waals surface area contributed by atoms with Crippen molar-refractivity contribution in [2.45, 2.75) is 42.9 Å². The second-order valence-electron chi connectivity index (χ2n) is 5.09. The smallest absolute Gasteiger partial charge is 0.306 e. The zero-order valence-electron chi connectivity index (χ0n) is 11.5. The third kappa shape index (κ3) is 3.90. The molecule has 0 spiro atoms. The number of hydrogen-bond donors (Lipinski definition) is 3. The van der Waals surface area contributed by atoms with Gasteiger partial charge in [-0.3, -0.25) is 10.1 Å². The summed E-state index contributed by atoms with van der Waals surface area (Å²) in [7, 11) is -3.77. The highest BCUT2D eigenvalue weighted by molar-refractivity contribution is 7.91. The Balaban J connectivity index is 2.19. The van der Waals surface area contributed by atoms with E-state index < -0.39 is 14.9 Å². The number of hydrazine groups is 1. The summed E-state index contributed by atoms with van der Waals surface area (Å²) in [5.41, 5.74) is 1.83. The van der Waals surface area contributed by atoms with Gasteiger partial charge in [-0.1, -0.05) is 31.1 Å². The van der Waals surface area contributed by atoms with Gasteiger partial charge in [0.25, 0.3) is 10.0 Å². The van der Waals surface area contributed by atoms with Crippen LogP contribution in [0.15, 0.2) is 10.3 Å². The Hall–Kier alpha value is -1.23. The van der Waals surface area contributed by atoms with Gasteiger partial charge in [-0.15, -0.1) is 0 Å². The highest BCUT2D eigenvalue weighted by Crippen LogP contribution is 2.37. The fraction of sp³-hybridized carbons (Fsp3) is 0.636. The van der Waals surface area contributed by atoms with Crippen LogP contribution in [0.5, 0.6) is 0 Å². The summed E-state index contributed by atoms with van der Waals surface area (Å²) in [4.78, 5) is 10.2. The van der Waals surface area contributed by atoms with Crippen molar-refractivity contribution in [1.82, 2.24) is 4.72 Å². The first kappa shape index (κ1) is 16.1. The summed E-state index contributed by atoms with van der Waals surface area (Å²) in [6.07, 6.45) is 3.78. The molecule has 2 rings (SSSR count). The minimum absolute atomic E-state index is 0.0237. The number of nitrogens with zero attached hydrogens (tertiary/aromatic N) is 1. The van der Waals surface area contributed by atoms with E-state index >= 15 is 0 Å². The Morgan fingerprint density at radius 2 is 2.24 bits per heavy atom. The second-order valence-corrected chi connectivity index (χ2v) is 8.08. The van der Waals surface area contributed by atoms with Gasteiger partial charge in [0.1, 0.15) is 4.21 Å². The lowest BCUT2D eigenvalue weighted by Crippen LogP contribution is -2.34. The molecular weight excluding hydrogens is 316 g/mol. The maximum absolute atomic E-state index is 12.3. The fourth-order valence-corrected chi connectivity index (χ4v) is 4.65. The van der Waals surface area contributed by atoms with E-state index in [4.69, 9.17) is 5.84 Å². The molecule has 1 fully saturated rings. The van der Waals surface area contributed by atoms with Gasteiger partial charge in [-0.25, -0.2) is 19.0 Å². The minimum Gasteiger partial charge on any atom is -0.310 e. The minimum atomic E-state index is -3.77. The number of nitrogens with one attached hydrogen (secondary N) is 2. The molecule has 10 heteroatoms. The molecule has 4 N–H and O–H groups in total. The predicted molar refractivity (Wildman–Crippen MR) is 80.5 cm³/mol. The van der Waals surface area contributed by atoms with Crippen molar-refractivity contribution in [3.8, 4) is 0 Å². The number of nitrogen functional groups attached to an aromatic ring is 1. The monoisotopic (exact) mass is 334 g/mol. The largest absolute Gasteiger partial charge is 0.310 e. The third-order valence-corrected chi connectivity index (χ3v) is 6.46. The molecule has 0 amide bonds. The molecule has 1 aromatic rings. The molecule has 21 heavy (non-hydrogen) atoms. The molecule has 0 bridgehead atoms. The first-order valence-corrected chi connectivity index (χ1v) is 8.94. The van der Waals surface area contributed by atoms with Crippen LogP contribution in [0.1, 0.15) is 32.6 Å². The first-order chi connectivity index (χ1) is 9.87. The average Bonchev–Trinajstić information content (AvgIpc) is 3.11. The molecule has 0 aliphatic heterocycles. The Labute approximate surface area is 126 Å². The van der Waals surface area contributed by atoms with Crippen LogP contribution in [-0.4, -0.2) is 19.4 Å². The maximum atomic E-state index is 12.3. The van der Waals surface area contributed by atoms with Crippen molar-refractivity contribution in [2.24, 2.45) is 11.8 Å². The second kappa shape index (κ2) is 6.26. The van der Waals surface area contributed by atoms with Crippen molar-refractivity contribution in [1.29, 1.82) is 0 Å². The van der Waals surface area contributed by atoms with Crippen LogP contribution in [0.3, 0.4) is 0 Å². The van der Waals surface area contributed by atoms with Crippen LogP contribution >= 0.6 is 11.3 Å². The maximum Gasteiger partial charge on any atom is 0.306 e. The average molecular weight is 334 g/mol. The van der Waals surface area contributed by atoms with Gasteiger partial charge < -0.3 is 5.43 Å². The highest BCUT2D eigenvalue weighted by atomic mass is 32.2. The van der Waals surface area contributed by atoms with E-state index in [0.717, 1.165) is 36.7 Å². The quantitative estimate of drug-likeness (QED) is 0.378. The summed E-state index contributed by atoms with van der Waals surface area (Å²) in [6.45, 7) is 1.92. The van der Waals surface area contributed by atoms with E-state index in [0.29, 0.717) is 12.3 Å². The van der Waals surface area contributed by atoms with Gasteiger partial charge in [0.15, 0.2) is 5.00 Å². The van der Waals surface area contributed by atoms with Crippen molar-refractivity contribution < 1.29 is 13.3 Å². The van der Waals surface area contributed by atoms with Crippen LogP contribution in [0.4, 0.5) is 10.7 Å². The number of anilines is 1. The Morgan fingerprint density at radius 3 is 2.67 bits per heavy atom. The SMILES string of the molecule is CCC(CC1CC1)NS(=O)(=O)c1cc([N+](=O)[O-])c(NN)s1. The van der Waals surface area contributed by atoms with Crippen molar-refractivity contribution in [2.75, 3.05) is 5.43 Å². The lowest BCUT2D eigenvalue weighted by molar-refractivity contribution is -0.383. The molecule has 1 atom stereocenters. The first-order valence-electron chi connectivity index (χ1n) is 6.64. The van der Waals surface area contributed by atoms with Crippen molar-refractivity contribution in [3.63, 3.8) is 0 Å². The van der Waals surface area contributed by atoms with E-state index in [1.165, 1.54) is 0 Å². The molecule has 1 aliphatic rings. The molecular formula is C11H18N4O4S2. The third-order valence-electron chi connectivity index (χ3n) is 3.41. The lowest BCUT2D eigenvalue weighted by atomic mass is 10.1. The van der Waals surface area contributed by atoms with Gasteiger partial charge in [-0.05, 0) is 18.8 Å². The molecule has 0 radical (unpaired) electrons. The predicted octanol–water partition coefficient (Wildman–Crippen LogP) is 1.80. The molecule has 1 unspecified atom stereocenters. The number of sulfonamides is 1. The van der Waals surface area contributed by atoms with Gasteiger partial charge >= 0.3 is 5.69 Å². The highest BCUT2D eigenvalue weighted by Gasteiger charge is 2.30. The van der Waals surface area contributed by atoms with Crippen LogP contribution < -0.4 is 16.0 Å². The summed E-state index contributed by atoms with van der Waals surface area (Å²) in [6, 6.07) is 0.893.